The number of hydrogen-bond acceptors (Lipinski definition) is 5. The summed E-state index contributed by atoms with van der Waals surface area (Å²) in [7, 11) is 1.51. The van der Waals surface area contributed by atoms with Crippen molar-refractivity contribution >= 4 is 46.4 Å². The molecule has 0 saturated heterocycles. The molecule has 1 atom stereocenters. The van der Waals surface area contributed by atoms with Crippen LogP contribution in [0.5, 0.6) is 5.75 Å². The highest BCUT2D eigenvalue weighted by molar-refractivity contribution is 6.32. The fourth-order valence-corrected chi connectivity index (χ4v) is 5.94. The Morgan fingerprint density at radius 2 is 1.82 bits per heavy atom. The second kappa shape index (κ2) is 8.87. The van der Waals surface area contributed by atoms with Gasteiger partial charge in [-0.2, -0.15) is 5.26 Å². The maximum absolute atomic E-state index is 14.3. The molecule has 6 rings (SSSR count). The lowest BCUT2D eigenvalue weighted by Crippen LogP contribution is -2.51. The minimum Gasteiger partial charge on any atom is -0.496 e. The third-order valence-corrected chi connectivity index (χ3v) is 7.57. The predicted molar refractivity (Wildman–Crippen MR) is 148 cm³/mol. The molecule has 3 heterocycles. The van der Waals surface area contributed by atoms with E-state index < -0.39 is 17.4 Å². The predicted octanol–water partition coefficient (Wildman–Crippen LogP) is 6.17. The van der Waals surface area contributed by atoms with Crippen LogP contribution < -0.4 is 15.0 Å². The van der Waals surface area contributed by atoms with Gasteiger partial charge in [0.1, 0.15) is 11.6 Å². The highest BCUT2D eigenvalue weighted by Gasteiger charge is 2.64. The second-order valence-electron chi connectivity index (χ2n) is 9.60. The number of nitriles is 1. The van der Waals surface area contributed by atoms with E-state index >= 15 is 0 Å². The van der Waals surface area contributed by atoms with E-state index in [0.717, 1.165) is 0 Å². The van der Waals surface area contributed by atoms with Gasteiger partial charge in [-0.1, -0.05) is 35.3 Å². The molecule has 1 spiro atoms. The summed E-state index contributed by atoms with van der Waals surface area (Å²) < 4.78 is 7.50. The molecule has 0 unspecified atom stereocenters. The van der Waals surface area contributed by atoms with Crippen molar-refractivity contribution in [2.45, 2.75) is 25.4 Å². The maximum Gasteiger partial charge on any atom is 0.280 e. The van der Waals surface area contributed by atoms with E-state index in [1.807, 2.05) is 18.4 Å². The number of hydrogen-bond donors (Lipinski definition) is 1. The zero-order valence-electron chi connectivity index (χ0n) is 21.1. The van der Waals surface area contributed by atoms with Crippen molar-refractivity contribution in [2.24, 2.45) is 0 Å². The number of aromatic nitrogens is 2. The Morgan fingerprint density at radius 1 is 1.05 bits per heavy atom. The van der Waals surface area contributed by atoms with Crippen molar-refractivity contribution in [3.63, 3.8) is 0 Å². The molecule has 2 aliphatic heterocycles. The third-order valence-electron chi connectivity index (χ3n) is 7.10. The Bertz CT molecular complexity index is 1760. The molecule has 3 aromatic carbocycles. The highest BCUT2D eigenvalue weighted by atomic mass is 35.5. The molecule has 2 amide bonds. The summed E-state index contributed by atoms with van der Waals surface area (Å²) >= 11 is 12.6. The number of carbonyl (C=O) groups is 2. The first-order valence-corrected chi connectivity index (χ1v) is 12.9. The fourth-order valence-electron chi connectivity index (χ4n) is 5.58. The molecular weight excluding hydrogens is 537 g/mol. The summed E-state index contributed by atoms with van der Waals surface area (Å²) in [5.74, 6) is 0.0198. The molecular formula is C29H21Cl2N5O3. The molecule has 0 aliphatic carbocycles. The summed E-state index contributed by atoms with van der Waals surface area (Å²) in [6, 6.07) is 18.9. The molecule has 39 heavy (non-hydrogen) atoms. The van der Waals surface area contributed by atoms with Crippen molar-refractivity contribution < 1.29 is 14.3 Å². The number of benzene rings is 3. The number of amides is 2. The van der Waals surface area contributed by atoms with Crippen molar-refractivity contribution in [1.29, 1.82) is 5.26 Å². The lowest BCUT2D eigenvalue weighted by molar-refractivity contribution is -0.119. The van der Waals surface area contributed by atoms with Crippen LogP contribution in [0.4, 0.5) is 11.4 Å². The number of nitrogens with zero attached hydrogens (tertiary/aromatic N) is 4. The number of rotatable bonds is 4. The fraction of sp³-hybridized carbons (Fsp3) is 0.172. The van der Waals surface area contributed by atoms with E-state index in [-0.39, 0.29) is 11.7 Å². The second-order valence-corrected chi connectivity index (χ2v) is 10.5. The van der Waals surface area contributed by atoms with Gasteiger partial charge in [0.25, 0.3) is 11.8 Å². The molecule has 0 fully saturated rings. The van der Waals surface area contributed by atoms with E-state index in [1.54, 1.807) is 60.7 Å². The quantitative estimate of drug-likeness (QED) is 0.323. The number of ether oxygens (including phenoxy) is 1. The van der Waals surface area contributed by atoms with Crippen LogP contribution in [0.3, 0.4) is 0 Å². The smallest absolute Gasteiger partial charge is 0.280 e. The van der Waals surface area contributed by atoms with Gasteiger partial charge in [0.05, 0.1) is 30.0 Å². The number of carbonyl (C=O) groups excluding carboxylic acids is 2. The summed E-state index contributed by atoms with van der Waals surface area (Å²) in [6.45, 7) is 3.91. The summed E-state index contributed by atoms with van der Waals surface area (Å²) in [5.41, 5.74) is 1.55. The average Bonchev–Trinajstić information content (AvgIpc) is 3.52. The topological polar surface area (TPSA) is 100 Å². The first-order valence-electron chi connectivity index (χ1n) is 12.1. The maximum atomic E-state index is 14.3. The van der Waals surface area contributed by atoms with Crippen LogP contribution in [0, 0.1) is 11.3 Å². The zero-order chi connectivity index (χ0) is 27.6. The zero-order valence-corrected chi connectivity index (χ0v) is 22.6. The summed E-state index contributed by atoms with van der Waals surface area (Å²) in [6.07, 6.45) is 0. The minimum atomic E-state index is -1.58. The SMILES string of the molecule is COc1cc(C#N)ccc1-c1nc2c(n1C(C)C)[C@]1(C(=O)Nc3cc(Cl)ccc31)N(c1cccc(Cl)c1)C2=O. The van der Waals surface area contributed by atoms with E-state index in [9.17, 15) is 14.9 Å². The number of fused-ring (bicyclic) bond motifs is 4. The van der Waals surface area contributed by atoms with E-state index in [1.165, 1.54) is 12.0 Å². The van der Waals surface area contributed by atoms with Gasteiger partial charge in [-0.3, -0.25) is 14.5 Å². The van der Waals surface area contributed by atoms with Crippen LogP contribution in [-0.2, 0) is 10.3 Å². The van der Waals surface area contributed by atoms with Gasteiger partial charge in [-0.25, -0.2) is 4.98 Å². The summed E-state index contributed by atoms with van der Waals surface area (Å²) in [5, 5.41) is 13.2. The van der Waals surface area contributed by atoms with Gasteiger partial charge in [0.15, 0.2) is 11.2 Å². The lowest BCUT2D eigenvalue weighted by Gasteiger charge is -2.35. The van der Waals surface area contributed by atoms with Gasteiger partial charge in [-0.05, 0) is 62.4 Å². The Kier molecular flexibility index (Phi) is 5.68. The largest absolute Gasteiger partial charge is 0.496 e. The van der Waals surface area contributed by atoms with Crippen molar-refractivity contribution in [2.75, 3.05) is 17.3 Å². The number of nitrogens with one attached hydrogen (secondary N) is 1. The monoisotopic (exact) mass is 557 g/mol. The van der Waals surface area contributed by atoms with Crippen LogP contribution >= 0.6 is 23.2 Å². The third kappa shape index (κ3) is 3.40. The highest BCUT2D eigenvalue weighted by Crippen LogP contribution is 2.54. The number of anilines is 2. The molecule has 0 radical (unpaired) electrons. The van der Waals surface area contributed by atoms with Crippen LogP contribution in [0.1, 0.15) is 47.2 Å². The standard InChI is InChI=1S/C29H21Cl2N5O3/c1-15(2)35-25-24(34-26(35)20-9-7-16(14-32)11-23(20)39-3)27(37)36(19-6-4-5-17(30)12-19)29(25)21-10-8-18(31)13-22(21)33-28(29)38/h4-13,15H,1-3H3,(H,33,38)/t29-/m1/s1. The van der Waals surface area contributed by atoms with Gasteiger partial charge in [-0.15, -0.1) is 0 Å². The van der Waals surface area contributed by atoms with Crippen LogP contribution in [0.15, 0.2) is 60.7 Å². The molecule has 0 saturated carbocycles. The first kappa shape index (κ1) is 25.0. The van der Waals surface area contributed by atoms with Gasteiger partial charge >= 0.3 is 0 Å². The minimum absolute atomic E-state index is 0.142. The Balaban J connectivity index is 1.72. The molecule has 10 heteroatoms. The summed E-state index contributed by atoms with van der Waals surface area (Å²) in [4.78, 5) is 34.8. The van der Waals surface area contributed by atoms with E-state index in [2.05, 4.69) is 11.4 Å². The number of methoxy groups -OCH3 is 1. The van der Waals surface area contributed by atoms with Gasteiger partial charge < -0.3 is 14.6 Å². The Labute approximate surface area is 234 Å². The number of imidazole rings is 1. The van der Waals surface area contributed by atoms with Crippen LogP contribution in [0.2, 0.25) is 10.0 Å². The van der Waals surface area contributed by atoms with Gasteiger partial charge in [0, 0.05) is 33.0 Å². The van der Waals surface area contributed by atoms with E-state index in [0.29, 0.717) is 55.4 Å². The molecule has 0 bridgehead atoms. The van der Waals surface area contributed by atoms with Crippen molar-refractivity contribution in [3.05, 3.63) is 93.2 Å². The Morgan fingerprint density at radius 3 is 2.51 bits per heavy atom. The molecule has 1 N–H and O–H groups in total. The van der Waals surface area contributed by atoms with Crippen LogP contribution in [0.25, 0.3) is 11.4 Å². The van der Waals surface area contributed by atoms with Crippen molar-refractivity contribution in [3.8, 4) is 23.2 Å². The molecule has 194 valence electrons. The molecule has 1 aromatic heterocycles. The molecule has 2 aliphatic rings. The Hall–Kier alpha value is -4.32. The molecule has 4 aromatic rings. The first-order chi connectivity index (χ1) is 18.7. The number of halogens is 2. The lowest BCUT2D eigenvalue weighted by atomic mass is 9.87. The molecule has 8 nitrogen and oxygen atoms in total. The average molecular weight is 558 g/mol. The van der Waals surface area contributed by atoms with Crippen molar-refractivity contribution in [1.82, 2.24) is 9.55 Å². The normalized spacial score (nSPS) is 17.4. The van der Waals surface area contributed by atoms with Gasteiger partial charge in [0.2, 0.25) is 0 Å². The van der Waals surface area contributed by atoms with E-state index in [4.69, 9.17) is 32.9 Å². The van der Waals surface area contributed by atoms with Crippen LogP contribution in [-0.4, -0.2) is 28.5 Å².